The lowest BCUT2D eigenvalue weighted by Gasteiger charge is -2.39. The van der Waals surface area contributed by atoms with E-state index in [0.717, 1.165) is 5.56 Å². The Morgan fingerprint density at radius 2 is 1.52 bits per heavy atom. The Labute approximate surface area is 184 Å². The molecular formula is C25H27FN2O2S. The summed E-state index contributed by atoms with van der Waals surface area (Å²) in [5, 5.41) is 0. The van der Waals surface area contributed by atoms with E-state index < -0.39 is 10.0 Å². The highest BCUT2D eigenvalue weighted by Crippen LogP contribution is 2.31. The van der Waals surface area contributed by atoms with Crippen molar-refractivity contribution in [3.63, 3.8) is 0 Å². The van der Waals surface area contributed by atoms with Crippen molar-refractivity contribution < 1.29 is 12.8 Å². The van der Waals surface area contributed by atoms with E-state index >= 15 is 0 Å². The monoisotopic (exact) mass is 438 g/mol. The third-order valence-corrected chi connectivity index (χ3v) is 7.72. The van der Waals surface area contributed by atoms with Gasteiger partial charge in [0.25, 0.3) is 10.0 Å². The number of likely N-dealkylation sites (tertiary alicyclic amines) is 1. The van der Waals surface area contributed by atoms with Gasteiger partial charge in [-0.2, -0.15) is 0 Å². The minimum absolute atomic E-state index is 0.148. The summed E-state index contributed by atoms with van der Waals surface area (Å²) in [6.45, 7) is 3.95. The molecule has 1 aliphatic heterocycles. The molecule has 0 spiro atoms. The largest absolute Gasteiger partial charge is 0.299 e. The van der Waals surface area contributed by atoms with Crippen molar-refractivity contribution in [2.75, 3.05) is 17.4 Å². The van der Waals surface area contributed by atoms with E-state index in [1.54, 1.807) is 40.7 Å². The number of sulfonamides is 1. The first-order valence-electron chi connectivity index (χ1n) is 10.6. The number of hydrogen-bond donors (Lipinski definition) is 0. The average molecular weight is 439 g/mol. The molecule has 1 aliphatic rings. The van der Waals surface area contributed by atoms with Gasteiger partial charge in [0.2, 0.25) is 0 Å². The van der Waals surface area contributed by atoms with Gasteiger partial charge in [-0.25, -0.2) is 12.8 Å². The maximum absolute atomic E-state index is 14.0. The van der Waals surface area contributed by atoms with Crippen molar-refractivity contribution in [1.29, 1.82) is 0 Å². The first-order valence-corrected chi connectivity index (χ1v) is 12.0. The maximum Gasteiger partial charge on any atom is 0.264 e. The lowest BCUT2D eigenvalue weighted by atomic mass is 10.0. The quantitative estimate of drug-likeness (QED) is 0.544. The third kappa shape index (κ3) is 4.81. The minimum Gasteiger partial charge on any atom is -0.299 e. The molecule has 162 valence electrons. The minimum atomic E-state index is -3.69. The van der Waals surface area contributed by atoms with Crippen LogP contribution >= 0.6 is 0 Å². The van der Waals surface area contributed by atoms with Gasteiger partial charge in [0.05, 0.1) is 10.6 Å². The second-order valence-corrected chi connectivity index (χ2v) is 9.86. The van der Waals surface area contributed by atoms with E-state index in [9.17, 15) is 12.8 Å². The Morgan fingerprint density at radius 3 is 2.16 bits per heavy atom. The van der Waals surface area contributed by atoms with Gasteiger partial charge >= 0.3 is 0 Å². The Kier molecular flexibility index (Phi) is 6.39. The predicted octanol–water partition coefficient (Wildman–Crippen LogP) is 4.99. The topological polar surface area (TPSA) is 40.6 Å². The Hall–Kier alpha value is -2.70. The molecule has 1 heterocycles. The maximum atomic E-state index is 14.0. The van der Waals surface area contributed by atoms with Gasteiger partial charge in [-0.1, -0.05) is 54.1 Å². The molecule has 0 aliphatic carbocycles. The summed E-state index contributed by atoms with van der Waals surface area (Å²) in [5.74, 6) is -0.197. The van der Waals surface area contributed by atoms with E-state index in [-0.39, 0.29) is 11.9 Å². The van der Waals surface area contributed by atoms with Crippen LogP contribution in [0.4, 0.5) is 10.1 Å². The standard InChI is InChI=1S/C25H27FN2O2S/c1-20-11-13-22(14-12-20)28(31(29,30)24-8-3-2-4-9-24)23-15-17-27(18-16-23)19-21-7-5-6-10-25(21)26/h2-14,23H,15-19H2,1H3. The molecule has 3 aromatic rings. The number of benzene rings is 3. The molecule has 0 atom stereocenters. The highest BCUT2D eigenvalue weighted by Gasteiger charge is 2.34. The van der Waals surface area contributed by atoms with E-state index in [0.29, 0.717) is 48.6 Å². The van der Waals surface area contributed by atoms with Gasteiger partial charge in [-0.3, -0.25) is 9.21 Å². The molecule has 1 saturated heterocycles. The van der Waals surface area contributed by atoms with E-state index in [2.05, 4.69) is 4.90 Å². The van der Waals surface area contributed by atoms with Crippen molar-refractivity contribution in [1.82, 2.24) is 4.90 Å². The van der Waals surface area contributed by atoms with Crippen LogP contribution in [0.15, 0.2) is 83.8 Å². The SMILES string of the molecule is Cc1ccc(N(C2CCN(Cc3ccccc3F)CC2)S(=O)(=O)c2ccccc2)cc1. The van der Waals surface area contributed by atoms with Gasteiger partial charge in [0.1, 0.15) is 5.82 Å². The fraction of sp³-hybridized carbons (Fsp3) is 0.280. The van der Waals surface area contributed by atoms with Crippen LogP contribution in [0.1, 0.15) is 24.0 Å². The number of hydrogen-bond acceptors (Lipinski definition) is 3. The summed E-state index contributed by atoms with van der Waals surface area (Å²) in [7, 11) is -3.69. The molecule has 0 amide bonds. The van der Waals surface area contributed by atoms with Crippen LogP contribution in [0.5, 0.6) is 0 Å². The highest BCUT2D eigenvalue weighted by molar-refractivity contribution is 7.92. The first-order chi connectivity index (χ1) is 14.9. The highest BCUT2D eigenvalue weighted by atomic mass is 32.2. The molecule has 0 unspecified atom stereocenters. The lowest BCUT2D eigenvalue weighted by molar-refractivity contribution is 0.204. The molecular weight excluding hydrogens is 411 g/mol. The summed E-state index contributed by atoms with van der Waals surface area (Å²) in [6.07, 6.45) is 1.38. The molecule has 3 aromatic carbocycles. The summed E-state index contributed by atoms with van der Waals surface area (Å²) in [4.78, 5) is 2.49. The van der Waals surface area contributed by atoms with Gasteiger partial charge in [0, 0.05) is 31.2 Å². The molecule has 0 radical (unpaired) electrons. The van der Waals surface area contributed by atoms with Crippen molar-refractivity contribution in [3.05, 3.63) is 95.8 Å². The summed E-state index contributed by atoms with van der Waals surface area (Å²) in [6, 6.07) is 22.9. The second-order valence-electron chi connectivity index (χ2n) is 8.05. The number of anilines is 1. The van der Waals surface area contributed by atoms with Crippen molar-refractivity contribution >= 4 is 15.7 Å². The van der Waals surface area contributed by atoms with E-state index in [1.807, 2.05) is 43.3 Å². The zero-order valence-corrected chi connectivity index (χ0v) is 18.4. The van der Waals surface area contributed by atoms with Gasteiger partial charge in [0.15, 0.2) is 0 Å². The van der Waals surface area contributed by atoms with Gasteiger partial charge in [-0.05, 0) is 50.1 Å². The van der Waals surface area contributed by atoms with E-state index in [4.69, 9.17) is 0 Å². The summed E-state index contributed by atoms with van der Waals surface area (Å²) >= 11 is 0. The molecule has 0 aromatic heterocycles. The molecule has 1 fully saturated rings. The molecule has 4 rings (SSSR count). The van der Waals surface area contributed by atoms with Crippen molar-refractivity contribution in [2.45, 2.75) is 37.2 Å². The van der Waals surface area contributed by atoms with Crippen LogP contribution in [-0.2, 0) is 16.6 Å². The Bertz CT molecular complexity index is 1110. The van der Waals surface area contributed by atoms with Gasteiger partial charge in [-0.15, -0.1) is 0 Å². The zero-order chi connectivity index (χ0) is 21.8. The van der Waals surface area contributed by atoms with Crippen molar-refractivity contribution in [2.24, 2.45) is 0 Å². The smallest absolute Gasteiger partial charge is 0.264 e. The number of halogens is 1. The molecule has 6 heteroatoms. The van der Waals surface area contributed by atoms with Crippen LogP contribution in [0.25, 0.3) is 0 Å². The Balaban J connectivity index is 1.57. The third-order valence-electron chi connectivity index (χ3n) is 5.83. The molecule has 31 heavy (non-hydrogen) atoms. The number of aryl methyl sites for hydroxylation is 1. The van der Waals surface area contributed by atoms with Crippen LogP contribution in [0.3, 0.4) is 0 Å². The lowest BCUT2D eigenvalue weighted by Crippen LogP contribution is -2.47. The van der Waals surface area contributed by atoms with E-state index in [1.165, 1.54) is 6.07 Å². The summed E-state index contributed by atoms with van der Waals surface area (Å²) in [5.41, 5.74) is 2.44. The van der Waals surface area contributed by atoms with Crippen molar-refractivity contribution in [3.8, 4) is 0 Å². The average Bonchev–Trinajstić information content (AvgIpc) is 2.78. The summed E-state index contributed by atoms with van der Waals surface area (Å²) < 4.78 is 42.8. The molecule has 0 N–H and O–H groups in total. The fourth-order valence-corrected chi connectivity index (χ4v) is 5.85. The van der Waals surface area contributed by atoms with Crippen LogP contribution < -0.4 is 4.31 Å². The molecule has 0 saturated carbocycles. The first kappa shape index (κ1) is 21.5. The fourth-order valence-electron chi connectivity index (χ4n) is 4.12. The predicted molar refractivity (Wildman–Crippen MR) is 122 cm³/mol. The van der Waals surface area contributed by atoms with Gasteiger partial charge < -0.3 is 0 Å². The zero-order valence-electron chi connectivity index (χ0n) is 17.6. The number of piperidine rings is 1. The Morgan fingerprint density at radius 1 is 0.903 bits per heavy atom. The molecule has 0 bridgehead atoms. The number of rotatable bonds is 6. The van der Waals surface area contributed by atoms with Crippen LogP contribution in [0, 0.1) is 12.7 Å². The van der Waals surface area contributed by atoms with Crippen LogP contribution in [0.2, 0.25) is 0 Å². The normalized spacial score (nSPS) is 15.7. The van der Waals surface area contributed by atoms with Crippen LogP contribution in [-0.4, -0.2) is 32.4 Å². The second kappa shape index (κ2) is 9.20. The molecule has 4 nitrogen and oxygen atoms in total. The number of nitrogens with zero attached hydrogens (tertiary/aromatic N) is 2.